The average Bonchev–Trinajstić information content (AvgIpc) is 2.77. The van der Waals surface area contributed by atoms with Gasteiger partial charge in [0.15, 0.2) is 5.96 Å². The van der Waals surface area contributed by atoms with E-state index in [0.29, 0.717) is 6.04 Å². The van der Waals surface area contributed by atoms with Gasteiger partial charge >= 0.3 is 0 Å². The van der Waals surface area contributed by atoms with Gasteiger partial charge in [-0.25, -0.2) is 0 Å². The zero-order valence-electron chi connectivity index (χ0n) is 8.29. The molecular weight excluding hydrogens is 194 g/mol. The van der Waals surface area contributed by atoms with Crippen molar-refractivity contribution >= 4 is 17.3 Å². The first kappa shape index (κ1) is 9.52. The van der Waals surface area contributed by atoms with Crippen LogP contribution in [0.15, 0.2) is 22.5 Å². The van der Waals surface area contributed by atoms with E-state index in [-0.39, 0.29) is 0 Å². The van der Waals surface area contributed by atoms with Gasteiger partial charge in [0.2, 0.25) is 0 Å². The van der Waals surface area contributed by atoms with E-state index in [0.717, 1.165) is 25.5 Å². The molecule has 2 N–H and O–H groups in total. The Morgan fingerprint density at radius 1 is 1.71 bits per heavy atom. The van der Waals surface area contributed by atoms with Crippen LogP contribution in [0.3, 0.4) is 0 Å². The molecule has 0 fully saturated rings. The lowest BCUT2D eigenvalue weighted by atomic mass is 10.3. The summed E-state index contributed by atoms with van der Waals surface area (Å²) in [5, 5.41) is 8.69. The van der Waals surface area contributed by atoms with Crippen LogP contribution in [-0.4, -0.2) is 25.1 Å². The summed E-state index contributed by atoms with van der Waals surface area (Å²) in [5.74, 6) is 0.953. The molecule has 2 rings (SSSR count). The third-order valence-corrected chi connectivity index (χ3v) is 3.09. The van der Waals surface area contributed by atoms with E-state index in [1.807, 2.05) is 0 Å². The molecule has 0 saturated carbocycles. The molecule has 0 saturated heterocycles. The third kappa shape index (κ3) is 2.48. The first-order valence-electron chi connectivity index (χ1n) is 4.92. The molecular formula is C10H15N3S. The van der Waals surface area contributed by atoms with Crippen molar-refractivity contribution in [2.75, 3.05) is 13.1 Å². The van der Waals surface area contributed by atoms with Gasteiger partial charge in [-0.15, -0.1) is 11.3 Å². The second kappa shape index (κ2) is 4.46. The molecule has 0 spiro atoms. The number of thiophene rings is 1. The highest BCUT2D eigenvalue weighted by Gasteiger charge is 2.10. The second-order valence-corrected chi connectivity index (χ2v) is 4.52. The van der Waals surface area contributed by atoms with Gasteiger partial charge in [-0.1, -0.05) is 6.07 Å². The highest BCUT2D eigenvalue weighted by Crippen LogP contribution is 2.08. The van der Waals surface area contributed by atoms with Gasteiger partial charge in [-0.2, -0.15) is 0 Å². The number of hydrogen-bond acceptors (Lipinski definition) is 4. The van der Waals surface area contributed by atoms with E-state index < -0.39 is 0 Å². The van der Waals surface area contributed by atoms with Crippen molar-refractivity contribution in [2.45, 2.75) is 19.4 Å². The van der Waals surface area contributed by atoms with Crippen LogP contribution < -0.4 is 10.6 Å². The van der Waals surface area contributed by atoms with Crippen LogP contribution in [0.1, 0.15) is 11.8 Å². The molecule has 0 aromatic carbocycles. The smallest absolute Gasteiger partial charge is 0.191 e. The van der Waals surface area contributed by atoms with Gasteiger partial charge in [0.05, 0.1) is 6.54 Å². The molecule has 0 bridgehead atoms. The normalized spacial score (nSPS) is 20.4. The highest BCUT2D eigenvalue weighted by atomic mass is 32.1. The first-order valence-corrected chi connectivity index (χ1v) is 5.80. The summed E-state index contributed by atoms with van der Waals surface area (Å²) in [4.78, 5) is 5.75. The Bertz CT molecular complexity index is 305. The Kier molecular flexibility index (Phi) is 3.03. The maximum absolute atomic E-state index is 4.33. The lowest BCUT2D eigenvalue weighted by molar-refractivity contribution is 0.713. The van der Waals surface area contributed by atoms with E-state index in [1.54, 1.807) is 11.3 Å². The molecule has 2 heterocycles. The van der Waals surface area contributed by atoms with E-state index in [4.69, 9.17) is 0 Å². The molecule has 1 unspecified atom stereocenters. The molecule has 76 valence electrons. The number of guanidine groups is 1. The lowest BCUT2D eigenvalue weighted by Gasteiger charge is -2.07. The van der Waals surface area contributed by atoms with Crippen molar-refractivity contribution in [1.82, 2.24) is 10.6 Å². The van der Waals surface area contributed by atoms with Gasteiger partial charge in [0, 0.05) is 17.5 Å². The number of aliphatic imine (C=N–C) groups is 1. The lowest BCUT2D eigenvalue weighted by Crippen LogP contribution is -2.38. The molecule has 1 aromatic heterocycles. The standard InChI is InChI=1S/C10H15N3S/c1-8-7-12-10(13-8)11-5-4-9-3-2-6-14-9/h2-3,6,8H,4-5,7H2,1H3,(H2,11,12,13). The van der Waals surface area contributed by atoms with Crippen LogP contribution in [0.5, 0.6) is 0 Å². The van der Waals surface area contributed by atoms with Crippen molar-refractivity contribution < 1.29 is 0 Å². The Labute approximate surface area is 88.3 Å². The largest absolute Gasteiger partial charge is 0.356 e. The molecule has 1 aromatic rings. The fraction of sp³-hybridized carbons (Fsp3) is 0.500. The molecule has 0 amide bonds. The summed E-state index contributed by atoms with van der Waals surface area (Å²) < 4.78 is 0. The Balaban J connectivity index is 1.69. The Morgan fingerprint density at radius 3 is 3.29 bits per heavy atom. The zero-order chi connectivity index (χ0) is 9.80. The van der Waals surface area contributed by atoms with Gasteiger partial charge < -0.3 is 10.6 Å². The van der Waals surface area contributed by atoms with E-state index in [9.17, 15) is 0 Å². The van der Waals surface area contributed by atoms with Crippen molar-refractivity contribution in [2.24, 2.45) is 4.99 Å². The SMILES string of the molecule is CC1CN=C(NCCc2cccs2)N1. The first-order chi connectivity index (χ1) is 6.84. The maximum Gasteiger partial charge on any atom is 0.191 e. The van der Waals surface area contributed by atoms with Crippen LogP contribution >= 0.6 is 11.3 Å². The van der Waals surface area contributed by atoms with Crippen molar-refractivity contribution in [3.63, 3.8) is 0 Å². The summed E-state index contributed by atoms with van der Waals surface area (Å²) in [6.07, 6.45) is 1.08. The van der Waals surface area contributed by atoms with E-state index in [2.05, 4.69) is 40.1 Å². The Hall–Kier alpha value is -1.03. The minimum Gasteiger partial charge on any atom is -0.356 e. The second-order valence-electron chi connectivity index (χ2n) is 3.49. The third-order valence-electron chi connectivity index (χ3n) is 2.15. The quantitative estimate of drug-likeness (QED) is 0.785. The number of nitrogens with zero attached hydrogens (tertiary/aromatic N) is 1. The van der Waals surface area contributed by atoms with Crippen molar-refractivity contribution in [1.29, 1.82) is 0 Å². The van der Waals surface area contributed by atoms with Crippen LogP contribution in [0.2, 0.25) is 0 Å². The Morgan fingerprint density at radius 2 is 2.64 bits per heavy atom. The van der Waals surface area contributed by atoms with Crippen molar-refractivity contribution in [3.05, 3.63) is 22.4 Å². The molecule has 1 aliphatic rings. The maximum atomic E-state index is 4.33. The molecule has 4 heteroatoms. The van der Waals surface area contributed by atoms with Gasteiger partial charge in [-0.3, -0.25) is 4.99 Å². The van der Waals surface area contributed by atoms with Crippen LogP contribution in [0.4, 0.5) is 0 Å². The fourth-order valence-corrected chi connectivity index (χ4v) is 2.13. The van der Waals surface area contributed by atoms with Crippen LogP contribution in [0.25, 0.3) is 0 Å². The minimum atomic E-state index is 0.485. The van der Waals surface area contributed by atoms with Gasteiger partial charge in [-0.05, 0) is 24.8 Å². The zero-order valence-corrected chi connectivity index (χ0v) is 9.10. The average molecular weight is 209 g/mol. The molecule has 0 radical (unpaired) electrons. The van der Waals surface area contributed by atoms with E-state index >= 15 is 0 Å². The molecule has 0 aliphatic carbocycles. The monoisotopic (exact) mass is 209 g/mol. The summed E-state index contributed by atoms with van der Waals surface area (Å²) in [6.45, 7) is 3.98. The van der Waals surface area contributed by atoms with Gasteiger partial charge in [0.25, 0.3) is 0 Å². The highest BCUT2D eigenvalue weighted by molar-refractivity contribution is 7.09. The summed E-state index contributed by atoms with van der Waals surface area (Å²) >= 11 is 1.81. The van der Waals surface area contributed by atoms with Crippen molar-refractivity contribution in [3.8, 4) is 0 Å². The topological polar surface area (TPSA) is 36.4 Å². The molecule has 14 heavy (non-hydrogen) atoms. The summed E-state index contributed by atoms with van der Waals surface area (Å²) in [6, 6.07) is 4.74. The molecule has 1 aliphatic heterocycles. The number of rotatable bonds is 3. The van der Waals surface area contributed by atoms with Crippen LogP contribution in [0, 0.1) is 0 Å². The summed E-state index contributed by atoms with van der Waals surface area (Å²) in [7, 11) is 0. The summed E-state index contributed by atoms with van der Waals surface area (Å²) in [5.41, 5.74) is 0. The minimum absolute atomic E-state index is 0.485. The fourth-order valence-electron chi connectivity index (χ4n) is 1.42. The predicted octanol–water partition coefficient (Wildman–Crippen LogP) is 1.23. The number of hydrogen-bond donors (Lipinski definition) is 2. The number of nitrogens with one attached hydrogen (secondary N) is 2. The van der Waals surface area contributed by atoms with Gasteiger partial charge in [0.1, 0.15) is 0 Å². The molecule has 1 atom stereocenters. The molecule has 3 nitrogen and oxygen atoms in total. The van der Waals surface area contributed by atoms with E-state index in [1.165, 1.54) is 4.88 Å². The van der Waals surface area contributed by atoms with Crippen LogP contribution in [-0.2, 0) is 6.42 Å². The predicted molar refractivity (Wildman–Crippen MR) is 60.9 cm³/mol.